The molecule has 1 saturated heterocycles. The largest absolute Gasteiger partial charge is 0.393 e. The Bertz CT molecular complexity index is 2230. The number of carbonyl (C=O) groups is 3. The fraction of sp³-hybridized carbons (Fsp3) is 0.754. The van der Waals surface area contributed by atoms with Gasteiger partial charge in [0.1, 0.15) is 36.4 Å². The van der Waals surface area contributed by atoms with E-state index in [2.05, 4.69) is 40.1 Å². The smallest absolute Gasteiger partial charge is 0.388 e. The lowest BCUT2D eigenvalue weighted by atomic mass is 9.98. The van der Waals surface area contributed by atoms with Crippen molar-refractivity contribution in [3.8, 4) is 0 Å². The normalized spacial score (nSPS) is 17.2. The molecule has 2 aromatic rings. The van der Waals surface area contributed by atoms with Crippen LogP contribution in [0.4, 0.5) is 36.1 Å². The second kappa shape index (κ2) is 43.5. The number of alkyl halides is 3. The first kappa shape index (κ1) is 74.2. The molecule has 7 atom stereocenters. The van der Waals surface area contributed by atoms with E-state index in [0.717, 1.165) is 82.8 Å². The molecule has 0 radical (unpaired) electrons. The summed E-state index contributed by atoms with van der Waals surface area (Å²) in [4.78, 5) is 63.5. The molecular formula is C57H92ClF3N8O16. The number of nitro groups is 2. The molecule has 1 aromatic carbocycles. The number of anilines is 2. The van der Waals surface area contributed by atoms with Gasteiger partial charge in [0.15, 0.2) is 0 Å². The maximum absolute atomic E-state index is 13.4. The number of primary amides is 1. The Labute approximate surface area is 501 Å². The molecule has 2 heterocycles. The number of rotatable bonds is 50. The first-order valence-electron chi connectivity index (χ1n) is 29.8. The van der Waals surface area contributed by atoms with Crippen LogP contribution in [0.1, 0.15) is 135 Å². The number of aromatic nitrogens is 1. The summed E-state index contributed by atoms with van der Waals surface area (Å²) in [5.41, 5.74) is 4.71. The summed E-state index contributed by atoms with van der Waals surface area (Å²) in [6, 6.07) is 2.80. The molecule has 8 N–H and O–H groups in total. The topological polar surface area (TPSA) is 330 Å². The number of non-ortho nitro benzene ring substituents is 1. The van der Waals surface area contributed by atoms with Crippen LogP contribution in [0.25, 0.3) is 0 Å². The average Bonchev–Trinajstić information content (AvgIpc) is 3.64. The van der Waals surface area contributed by atoms with Crippen molar-refractivity contribution in [3.63, 3.8) is 0 Å². The third-order valence-electron chi connectivity index (χ3n) is 14.0. The van der Waals surface area contributed by atoms with Crippen molar-refractivity contribution in [2.45, 2.75) is 179 Å². The lowest BCUT2D eigenvalue weighted by molar-refractivity contribution is -0.393. The number of nitrogens with zero attached hydrogens (tertiary/aromatic N) is 3. The SMILES string of the molecule is CCCCCCCCCCC(COCC(COCCC(=O)NCC(CCCCCCCCC)OC[C@H]1OC[C@H](Nc2nccc(Cl)c2CC(F)(F)F)[C@@H](O)[C@H]1O)NC(=O)COCCOCCOCCNc1ccc([N+](=O)[O-])cc1[N+](=O)[O-])C(N)=O. The monoisotopic (exact) mass is 1240 g/mol. The van der Waals surface area contributed by atoms with E-state index in [1.165, 1.54) is 44.0 Å². The summed E-state index contributed by atoms with van der Waals surface area (Å²) >= 11 is 6.08. The van der Waals surface area contributed by atoms with Crippen molar-refractivity contribution in [1.82, 2.24) is 15.6 Å². The van der Waals surface area contributed by atoms with Gasteiger partial charge < -0.3 is 70.4 Å². The zero-order valence-electron chi connectivity index (χ0n) is 49.3. The standard InChI is InChI=1S/C57H92ClF3N8O16/c1-3-5-7-9-11-13-14-16-18-41(55(62)74)35-83-37-42(66-52(71)40-82-31-30-80-29-28-79-27-25-63-47-21-20-43(68(75)76)32-49(47)69(77)78)36-81-26-23-51(70)65-34-44(19-17-15-12-10-8-6-4-2)84-39-50-54(73)53(72)48(38-85-50)67-56-45(33-57(59,60)61)46(58)22-24-64-56/h20-22,24,32,41-42,44,48,50,53-54,63,72-73H,3-19,23,25-31,33-40H2,1-2H3,(H2,62,74)(H,64,67)(H,65,70)(H,66,71)/t41?,42?,44?,48-,50+,53+,54-/m0/s1. The molecule has 1 aliphatic heterocycles. The quantitative estimate of drug-likeness (QED) is 0.0188. The molecule has 3 unspecified atom stereocenters. The van der Waals surface area contributed by atoms with E-state index >= 15 is 0 Å². The molecule has 0 saturated carbocycles. The number of halogens is 4. The number of nitro benzene ring substituents is 2. The number of benzene rings is 1. The zero-order valence-corrected chi connectivity index (χ0v) is 50.1. The van der Waals surface area contributed by atoms with Crippen LogP contribution in [0.15, 0.2) is 30.5 Å². The van der Waals surface area contributed by atoms with Gasteiger partial charge in [-0.15, -0.1) is 0 Å². The Morgan fingerprint density at radius 1 is 0.788 bits per heavy atom. The molecule has 0 spiro atoms. The number of amides is 3. The predicted octanol–water partition coefficient (Wildman–Crippen LogP) is 7.90. The van der Waals surface area contributed by atoms with E-state index in [1.54, 1.807) is 0 Å². The van der Waals surface area contributed by atoms with Gasteiger partial charge >= 0.3 is 6.18 Å². The number of ether oxygens (including phenoxy) is 7. The van der Waals surface area contributed by atoms with Gasteiger partial charge in [0.2, 0.25) is 17.7 Å². The Morgan fingerprint density at radius 3 is 2.05 bits per heavy atom. The van der Waals surface area contributed by atoms with Crippen LogP contribution in [0, 0.1) is 26.1 Å². The number of nitrogens with one attached hydrogen (secondary N) is 4. The van der Waals surface area contributed by atoms with Gasteiger partial charge in [-0.25, -0.2) is 4.98 Å². The zero-order chi connectivity index (χ0) is 62.2. The third kappa shape index (κ3) is 32.5. The molecule has 28 heteroatoms. The van der Waals surface area contributed by atoms with Crippen molar-refractivity contribution in [3.05, 3.63) is 61.3 Å². The average molecular weight is 1240 g/mol. The number of aliphatic hydroxyl groups is 2. The van der Waals surface area contributed by atoms with Crippen molar-refractivity contribution in [1.29, 1.82) is 0 Å². The van der Waals surface area contributed by atoms with Crippen molar-refractivity contribution >= 4 is 52.2 Å². The first-order chi connectivity index (χ1) is 40.8. The van der Waals surface area contributed by atoms with Gasteiger partial charge in [-0.3, -0.25) is 34.6 Å². The number of pyridine rings is 1. The van der Waals surface area contributed by atoms with E-state index in [4.69, 9.17) is 50.5 Å². The maximum Gasteiger partial charge on any atom is 0.393 e. The molecule has 24 nitrogen and oxygen atoms in total. The van der Waals surface area contributed by atoms with Crippen LogP contribution < -0.4 is 27.0 Å². The van der Waals surface area contributed by atoms with Gasteiger partial charge in [0, 0.05) is 42.4 Å². The van der Waals surface area contributed by atoms with Crippen LogP contribution in [0.2, 0.25) is 5.02 Å². The predicted molar refractivity (Wildman–Crippen MR) is 312 cm³/mol. The summed E-state index contributed by atoms with van der Waals surface area (Å²) in [5.74, 6) is -2.03. The fourth-order valence-electron chi connectivity index (χ4n) is 9.19. The van der Waals surface area contributed by atoms with Crippen LogP contribution in [-0.2, 0) is 54.0 Å². The minimum atomic E-state index is -4.58. The molecule has 1 aromatic heterocycles. The van der Waals surface area contributed by atoms with E-state index < -0.39 is 88.1 Å². The minimum absolute atomic E-state index is 0.0299. The Kier molecular flexibility index (Phi) is 38.0. The summed E-state index contributed by atoms with van der Waals surface area (Å²) in [5, 5.41) is 55.6. The summed E-state index contributed by atoms with van der Waals surface area (Å²) < 4.78 is 80.4. The van der Waals surface area contributed by atoms with Crippen LogP contribution in [0.3, 0.4) is 0 Å². The summed E-state index contributed by atoms with van der Waals surface area (Å²) in [6.07, 6.45) is 7.99. The number of hydrogen-bond acceptors (Lipinski definition) is 19. The Hall–Kier alpha value is -5.10. The molecule has 0 aliphatic carbocycles. The Balaban J connectivity index is 1.49. The van der Waals surface area contributed by atoms with Crippen LogP contribution >= 0.6 is 11.6 Å². The van der Waals surface area contributed by atoms with Crippen molar-refractivity contribution in [2.24, 2.45) is 11.7 Å². The number of carbonyl (C=O) groups excluding carboxylic acids is 3. The van der Waals surface area contributed by atoms with Gasteiger partial charge in [-0.05, 0) is 25.0 Å². The van der Waals surface area contributed by atoms with E-state index in [1.807, 2.05) is 0 Å². The lowest BCUT2D eigenvalue weighted by Crippen LogP contribution is -2.57. The lowest BCUT2D eigenvalue weighted by Gasteiger charge is -2.38. The van der Waals surface area contributed by atoms with Gasteiger partial charge in [-0.2, -0.15) is 13.2 Å². The van der Waals surface area contributed by atoms with Crippen molar-refractivity contribution in [2.75, 3.05) is 103 Å². The van der Waals surface area contributed by atoms with Crippen molar-refractivity contribution < 1.29 is 80.8 Å². The van der Waals surface area contributed by atoms with Gasteiger partial charge in [0.05, 0.1) is 119 Å². The second-order valence-electron chi connectivity index (χ2n) is 21.1. The summed E-state index contributed by atoms with van der Waals surface area (Å²) in [7, 11) is 0. The highest BCUT2D eigenvalue weighted by Gasteiger charge is 2.40. The van der Waals surface area contributed by atoms with Crippen LogP contribution in [-0.4, -0.2) is 178 Å². The highest BCUT2D eigenvalue weighted by Crippen LogP contribution is 2.32. The molecule has 1 fully saturated rings. The van der Waals surface area contributed by atoms with Gasteiger partial charge in [-0.1, -0.05) is 122 Å². The van der Waals surface area contributed by atoms with E-state index in [9.17, 15) is 58.0 Å². The summed E-state index contributed by atoms with van der Waals surface area (Å²) in [6.45, 7) is 4.59. The first-order valence-corrected chi connectivity index (χ1v) is 30.2. The molecule has 0 bridgehead atoms. The highest BCUT2D eigenvalue weighted by atomic mass is 35.5. The molecule has 484 valence electrons. The fourth-order valence-corrected chi connectivity index (χ4v) is 9.40. The molecule has 85 heavy (non-hydrogen) atoms. The molecule has 1 aliphatic rings. The number of unbranched alkanes of at least 4 members (excludes halogenated alkanes) is 13. The molecule has 3 amide bonds. The van der Waals surface area contributed by atoms with Crippen LogP contribution in [0.5, 0.6) is 0 Å². The van der Waals surface area contributed by atoms with Gasteiger partial charge in [0.25, 0.3) is 11.4 Å². The second-order valence-corrected chi connectivity index (χ2v) is 21.5. The highest BCUT2D eigenvalue weighted by molar-refractivity contribution is 6.31. The maximum atomic E-state index is 13.4. The third-order valence-corrected chi connectivity index (χ3v) is 14.4. The number of hydrogen-bond donors (Lipinski definition) is 7. The molecular weight excluding hydrogens is 1150 g/mol. The van der Waals surface area contributed by atoms with E-state index in [-0.39, 0.29) is 127 Å². The molecule has 3 rings (SSSR count). The Morgan fingerprint density at radius 2 is 1.41 bits per heavy atom. The van der Waals surface area contributed by atoms with E-state index in [0.29, 0.717) is 12.8 Å². The number of aliphatic hydroxyl groups excluding tert-OH is 2. The number of nitrogens with two attached hydrogens (primary N) is 1. The minimum Gasteiger partial charge on any atom is -0.388 e.